The molecule has 3 amide bonds. The van der Waals surface area contributed by atoms with Gasteiger partial charge < -0.3 is 21.1 Å². The molecule has 1 atom stereocenters. The standard InChI is InChI=1S/C13H21N3O4/c14-12(20)16-6-1-3-9(7-16)10(17)15-8-13(11(18)19)4-2-5-13/h9H,1-8H2,(H2,14,20)(H,15,17)(H,18,19). The molecule has 0 spiro atoms. The molecule has 4 N–H and O–H groups in total. The maximum Gasteiger partial charge on any atom is 0.314 e. The number of urea groups is 1. The number of nitrogens with zero attached hydrogens (tertiary/aromatic N) is 1. The second-order valence-electron chi connectivity index (χ2n) is 5.78. The molecule has 1 saturated heterocycles. The zero-order valence-electron chi connectivity index (χ0n) is 11.4. The average molecular weight is 283 g/mol. The summed E-state index contributed by atoms with van der Waals surface area (Å²) in [5, 5.41) is 11.9. The summed E-state index contributed by atoms with van der Waals surface area (Å²) in [6.07, 6.45) is 3.56. The van der Waals surface area contributed by atoms with Crippen LogP contribution in [0.1, 0.15) is 32.1 Å². The van der Waals surface area contributed by atoms with E-state index in [9.17, 15) is 19.5 Å². The summed E-state index contributed by atoms with van der Waals surface area (Å²) in [5.74, 6) is -1.31. The Kier molecular flexibility index (Phi) is 4.15. The van der Waals surface area contributed by atoms with Gasteiger partial charge in [0.25, 0.3) is 0 Å². The molecule has 112 valence electrons. The van der Waals surface area contributed by atoms with Crippen LogP contribution < -0.4 is 11.1 Å². The molecule has 7 nitrogen and oxygen atoms in total. The molecule has 1 unspecified atom stereocenters. The molecule has 2 fully saturated rings. The minimum absolute atomic E-state index is 0.175. The monoisotopic (exact) mass is 283 g/mol. The molecule has 1 aliphatic carbocycles. The lowest BCUT2D eigenvalue weighted by Gasteiger charge is -2.38. The first kappa shape index (κ1) is 14.6. The number of nitrogens with two attached hydrogens (primary N) is 1. The topological polar surface area (TPSA) is 113 Å². The van der Waals surface area contributed by atoms with Crippen molar-refractivity contribution in [3.05, 3.63) is 0 Å². The fourth-order valence-corrected chi connectivity index (χ4v) is 2.86. The van der Waals surface area contributed by atoms with E-state index in [-0.39, 0.29) is 18.4 Å². The maximum atomic E-state index is 12.1. The molecule has 1 saturated carbocycles. The highest BCUT2D eigenvalue weighted by Gasteiger charge is 2.44. The van der Waals surface area contributed by atoms with E-state index in [1.54, 1.807) is 0 Å². The summed E-state index contributed by atoms with van der Waals surface area (Å²) in [5.41, 5.74) is 4.44. The van der Waals surface area contributed by atoms with E-state index in [0.717, 1.165) is 12.8 Å². The highest BCUT2D eigenvalue weighted by molar-refractivity contribution is 5.82. The Hall–Kier alpha value is -1.79. The number of piperidine rings is 1. The summed E-state index contributed by atoms with van der Waals surface area (Å²) >= 11 is 0. The van der Waals surface area contributed by atoms with E-state index in [0.29, 0.717) is 32.4 Å². The van der Waals surface area contributed by atoms with E-state index < -0.39 is 17.4 Å². The van der Waals surface area contributed by atoms with E-state index in [2.05, 4.69) is 5.32 Å². The lowest BCUT2D eigenvalue weighted by molar-refractivity contribution is -0.154. The molecular weight excluding hydrogens is 262 g/mol. The van der Waals surface area contributed by atoms with Crippen LogP contribution in [0.2, 0.25) is 0 Å². The largest absolute Gasteiger partial charge is 0.481 e. The van der Waals surface area contributed by atoms with Gasteiger partial charge in [-0.15, -0.1) is 0 Å². The van der Waals surface area contributed by atoms with Crippen LogP contribution in [0.15, 0.2) is 0 Å². The predicted octanol–water partition coefficient (Wildman–Crippen LogP) is 0.148. The van der Waals surface area contributed by atoms with Gasteiger partial charge in [-0.2, -0.15) is 0 Å². The fourth-order valence-electron chi connectivity index (χ4n) is 2.86. The fraction of sp³-hybridized carbons (Fsp3) is 0.769. The maximum absolute atomic E-state index is 12.1. The van der Waals surface area contributed by atoms with Gasteiger partial charge in [0, 0.05) is 19.6 Å². The van der Waals surface area contributed by atoms with Crippen molar-refractivity contribution in [2.45, 2.75) is 32.1 Å². The van der Waals surface area contributed by atoms with Crippen LogP contribution in [-0.4, -0.2) is 47.5 Å². The third-order valence-electron chi connectivity index (χ3n) is 4.47. The zero-order chi connectivity index (χ0) is 14.8. The summed E-state index contributed by atoms with van der Waals surface area (Å²) in [4.78, 5) is 35.9. The normalized spacial score (nSPS) is 24.6. The minimum Gasteiger partial charge on any atom is -0.481 e. The first-order valence-electron chi connectivity index (χ1n) is 7.00. The number of carbonyl (C=O) groups excluding carboxylic acids is 2. The van der Waals surface area contributed by atoms with E-state index in [4.69, 9.17) is 5.73 Å². The van der Waals surface area contributed by atoms with Crippen molar-refractivity contribution < 1.29 is 19.5 Å². The number of amides is 3. The van der Waals surface area contributed by atoms with Gasteiger partial charge in [0.15, 0.2) is 0 Å². The first-order chi connectivity index (χ1) is 9.44. The van der Waals surface area contributed by atoms with Crippen LogP contribution in [0, 0.1) is 11.3 Å². The highest BCUT2D eigenvalue weighted by Crippen LogP contribution is 2.40. The summed E-state index contributed by atoms with van der Waals surface area (Å²) < 4.78 is 0. The van der Waals surface area contributed by atoms with Crippen molar-refractivity contribution in [2.75, 3.05) is 19.6 Å². The predicted molar refractivity (Wildman–Crippen MR) is 70.8 cm³/mol. The number of hydrogen-bond donors (Lipinski definition) is 3. The smallest absolute Gasteiger partial charge is 0.314 e. The number of carbonyl (C=O) groups is 3. The van der Waals surface area contributed by atoms with Crippen LogP contribution in [-0.2, 0) is 9.59 Å². The number of rotatable bonds is 4. The van der Waals surface area contributed by atoms with Gasteiger partial charge in [0.05, 0.1) is 11.3 Å². The van der Waals surface area contributed by atoms with Crippen LogP contribution in [0.4, 0.5) is 4.79 Å². The van der Waals surface area contributed by atoms with Crippen molar-refractivity contribution in [3.63, 3.8) is 0 Å². The number of primary amides is 1. The van der Waals surface area contributed by atoms with Crippen molar-refractivity contribution in [1.82, 2.24) is 10.2 Å². The molecule has 2 rings (SSSR count). The van der Waals surface area contributed by atoms with Crippen LogP contribution in [0.5, 0.6) is 0 Å². The molecule has 0 bridgehead atoms. The van der Waals surface area contributed by atoms with E-state index >= 15 is 0 Å². The summed E-state index contributed by atoms with van der Waals surface area (Å²) in [6.45, 7) is 1.08. The highest BCUT2D eigenvalue weighted by atomic mass is 16.4. The van der Waals surface area contributed by atoms with Gasteiger partial charge in [0.2, 0.25) is 5.91 Å². The van der Waals surface area contributed by atoms with Crippen molar-refractivity contribution >= 4 is 17.9 Å². The Morgan fingerprint density at radius 3 is 2.50 bits per heavy atom. The van der Waals surface area contributed by atoms with Crippen LogP contribution in [0.3, 0.4) is 0 Å². The Bertz CT molecular complexity index is 420. The molecule has 0 aromatic heterocycles. The molecule has 20 heavy (non-hydrogen) atoms. The van der Waals surface area contributed by atoms with Gasteiger partial charge in [-0.25, -0.2) is 4.79 Å². The van der Waals surface area contributed by atoms with Gasteiger partial charge >= 0.3 is 12.0 Å². The minimum atomic E-state index is -0.841. The number of carboxylic acids is 1. The Morgan fingerprint density at radius 2 is 2.00 bits per heavy atom. The number of nitrogens with one attached hydrogen (secondary N) is 1. The number of carboxylic acid groups (broad SMARTS) is 1. The molecule has 1 aliphatic heterocycles. The van der Waals surface area contributed by atoms with Gasteiger partial charge in [-0.1, -0.05) is 6.42 Å². The Balaban J connectivity index is 1.85. The lowest BCUT2D eigenvalue weighted by atomic mass is 9.68. The van der Waals surface area contributed by atoms with Crippen molar-refractivity contribution in [3.8, 4) is 0 Å². The Morgan fingerprint density at radius 1 is 1.30 bits per heavy atom. The number of aliphatic carboxylic acids is 1. The summed E-state index contributed by atoms with van der Waals surface area (Å²) in [7, 11) is 0. The SMILES string of the molecule is NC(=O)N1CCCC(C(=O)NCC2(C(=O)O)CCC2)C1. The second kappa shape index (κ2) is 5.68. The number of likely N-dealkylation sites (tertiary alicyclic amines) is 1. The molecule has 0 aromatic carbocycles. The molecular formula is C13H21N3O4. The summed E-state index contributed by atoms with van der Waals surface area (Å²) in [6, 6.07) is -0.511. The van der Waals surface area contributed by atoms with Crippen molar-refractivity contribution in [1.29, 1.82) is 0 Å². The molecule has 0 aromatic rings. The second-order valence-corrected chi connectivity index (χ2v) is 5.78. The van der Waals surface area contributed by atoms with Gasteiger partial charge in [-0.3, -0.25) is 9.59 Å². The third-order valence-corrected chi connectivity index (χ3v) is 4.47. The van der Waals surface area contributed by atoms with Gasteiger partial charge in [-0.05, 0) is 25.7 Å². The van der Waals surface area contributed by atoms with Crippen LogP contribution in [0.25, 0.3) is 0 Å². The Labute approximate surface area is 117 Å². The first-order valence-corrected chi connectivity index (χ1v) is 7.00. The molecule has 7 heteroatoms. The quantitative estimate of drug-likeness (QED) is 0.681. The van der Waals surface area contributed by atoms with Crippen molar-refractivity contribution in [2.24, 2.45) is 17.1 Å². The third kappa shape index (κ3) is 2.86. The molecule has 0 radical (unpaired) electrons. The van der Waals surface area contributed by atoms with E-state index in [1.807, 2.05) is 0 Å². The van der Waals surface area contributed by atoms with Crippen LogP contribution >= 0.6 is 0 Å². The average Bonchev–Trinajstić information content (AvgIpc) is 2.37. The van der Waals surface area contributed by atoms with Gasteiger partial charge in [0.1, 0.15) is 0 Å². The zero-order valence-corrected chi connectivity index (χ0v) is 11.4. The van der Waals surface area contributed by atoms with E-state index in [1.165, 1.54) is 4.90 Å². The molecule has 1 heterocycles. The lowest BCUT2D eigenvalue weighted by Crippen LogP contribution is -2.51. The molecule has 2 aliphatic rings. The number of hydrogen-bond acceptors (Lipinski definition) is 3.